The van der Waals surface area contributed by atoms with Crippen LogP contribution < -0.4 is 10.6 Å². The Morgan fingerprint density at radius 2 is 2.18 bits per heavy atom. The zero-order chi connectivity index (χ0) is 19.6. The Morgan fingerprint density at radius 1 is 1.29 bits per heavy atom. The fourth-order valence-corrected chi connectivity index (χ4v) is 3.56. The minimum Gasteiger partial charge on any atom is -0.334 e. The third-order valence-electron chi connectivity index (χ3n) is 5.10. The fourth-order valence-electron chi connectivity index (χ4n) is 3.56. The van der Waals surface area contributed by atoms with Crippen molar-refractivity contribution in [2.75, 3.05) is 5.32 Å². The first-order valence-electron chi connectivity index (χ1n) is 9.46. The fraction of sp³-hybridized carbons (Fsp3) is 0.333. The van der Waals surface area contributed by atoms with Gasteiger partial charge in [0, 0.05) is 42.1 Å². The van der Waals surface area contributed by atoms with Gasteiger partial charge in [0.05, 0.1) is 5.69 Å². The van der Waals surface area contributed by atoms with Gasteiger partial charge in [-0.1, -0.05) is 19.9 Å². The maximum atomic E-state index is 12.2. The molecular weight excluding hydrogens is 352 g/mol. The molecule has 144 valence electrons. The molecule has 0 saturated carbocycles. The van der Waals surface area contributed by atoms with Gasteiger partial charge >= 0.3 is 6.03 Å². The molecule has 3 heterocycles. The second-order valence-corrected chi connectivity index (χ2v) is 7.97. The van der Waals surface area contributed by atoms with Gasteiger partial charge in [0.1, 0.15) is 5.69 Å². The van der Waals surface area contributed by atoms with Gasteiger partial charge in [-0.15, -0.1) is 0 Å². The largest absolute Gasteiger partial charge is 0.334 e. The molecule has 28 heavy (non-hydrogen) atoms. The number of nitrogens with zero attached hydrogens (tertiary/aromatic N) is 3. The highest BCUT2D eigenvalue weighted by atomic mass is 16.2. The first kappa shape index (κ1) is 18.2. The van der Waals surface area contributed by atoms with E-state index < -0.39 is 0 Å². The van der Waals surface area contributed by atoms with Gasteiger partial charge in [-0.3, -0.25) is 15.1 Å². The van der Waals surface area contributed by atoms with Crippen LogP contribution in [0.4, 0.5) is 10.5 Å². The van der Waals surface area contributed by atoms with Crippen molar-refractivity contribution in [1.29, 1.82) is 0 Å². The van der Waals surface area contributed by atoms with Gasteiger partial charge in [-0.05, 0) is 48.4 Å². The number of carbonyl (C=O) groups is 1. The van der Waals surface area contributed by atoms with E-state index in [9.17, 15) is 4.79 Å². The van der Waals surface area contributed by atoms with Crippen LogP contribution in [-0.2, 0) is 19.4 Å². The van der Waals surface area contributed by atoms with Gasteiger partial charge in [0.15, 0.2) is 0 Å². The molecule has 4 rings (SSSR count). The van der Waals surface area contributed by atoms with Crippen LogP contribution in [0.1, 0.15) is 37.1 Å². The summed E-state index contributed by atoms with van der Waals surface area (Å²) in [5, 5.41) is 13.4. The molecule has 0 spiro atoms. The Labute approximate surface area is 164 Å². The lowest BCUT2D eigenvalue weighted by molar-refractivity contribution is 0.251. The number of hydrogen-bond donors (Lipinski definition) is 3. The lowest BCUT2D eigenvalue weighted by atomic mass is 9.76. The molecule has 0 aromatic carbocycles. The molecule has 3 aromatic rings. The van der Waals surface area contributed by atoms with Crippen LogP contribution in [0.3, 0.4) is 0 Å². The molecule has 7 heteroatoms. The maximum absolute atomic E-state index is 12.2. The number of carbonyl (C=O) groups excluding carboxylic acids is 1. The van der Waals surface area contributed by atoms with E-state index in [1.807, 2.05) is 18.2 Å². The number of rotatable bonds is 4. The van der Waals surface area contributed by atoms with Gasteiger partial charge in [-0.25, -0.2) is 4.79 Å². The predicted molar refractivity (Wildman–Crippen MR) is 108 cm³/mol. The second kappa shape index (κ2) is 7.42. The average Bonchev–Trinajstić information content (AvgIpc) is 3.09. The van der Waals surface area contributed by atoms with Gasteiger partial charge in [0.25, 0.3) is 0 Å². The van der Waals surface area contributed by atoms with Crippen molar-refractivity contribution in [3.63, 3.8) is 0 Å². The topological polar surface area (TPSA) is 95.6 Å². The Bertz CT molecular complexity index is 980. The van der Waals surface area contributed by atoms with Gasteiger partial charge in [-0.2, -0.15) is 5.10 Å². The Balaban J connectivity index is 1.45. The summed E-state index contributed by atoms with van der Waals surface area (Å²) in [6.45, 7) is 4.98. The van der Waals surface area contributed by atoms with E-state index >= 15 is 0 Å². The van der Waals surface area contributed by atoms with Crippen LogP contribution in [0.5, 0.6) is 0 Å². The summed E-state index contributed by atoms with van der Waals surface area (Å²) in [6, 6.07) is 7.12. The summed E-state index contributed by atoms with van der Waals surface area (Å²) in [5.41, 5.74) is 6.00. The zero-order valence-corrected chi connectivity index (χ0v) is 16.1. The normalized spacial score (nSPS) is 14.9. The number of aromatic nitrogens is 4. The first-order chi connectivity index (χ1) is 13.5. The molecule has 0 saturated heterocycles. The van der Waals surface area contributed by atoms with E-state index in [0.29, 0.717) is 17.6 Å². The summed E-state index contributed by atoms with van der Waals surface area (Å²) in [7, 11) is 0. The molecule has 0 aliphatic heterocycles. The van der Waals surface area contributed by atoms with Crippen LogP contribution in [0.2, 0.25) is 0 Å². The highest BCUT2D eigenvalue weighted by Gasteiger charge is 2.29. The van der Waals surface area contributed by atoms with Crippen molar-refractivity contribution in [2.24, 2.45) is 5.41 Å². The van der Waals surface area contributed by atoms with E-state index in [4.69, 9.17) is 0 Å². The number of anilines is 1. The highest BCUT2D eigenvalue weighted by Crippen LogP contribution is 2.37. The van der Waals surface area contributed by atoms with Gasteiger partial charge < -0.3 is 10.6 Å². The molecule has 0 radical (unpaired) electrons. The minimum absolute atomic E-state index is 0.271. The predicted octanol–water partition coefficient (Wildman–Crippen LogP) is 3.70. The molecule has 0 bridgehead atoms. The van der Waals surface area contributed by atoms with Crippen LogP contribution in [-0.4, -0.2) is 26.2 Å². The summed E-state index contributed by atoms with van der Waals surface area (Å²) in [4.78, 5) is 20.7. The van der Waals surface area contributed by atoms with Crippen LogP contribution in [0, 0.1) is 5.41 Å². The summed E-state index contributed by atoms with van der Waals surface area (Å²) >= 11 is 0. The van der Waals surface area contributed by atoms with Crippen LogP contribution in [0.25, 0.3) is 11.4 Å². The monoisotopic (exact) mass is 376 g/mol. The third kappa shape index (κ3) is 4.03. The van der Waals surface area contributed by atoms with Crippen molar-refractivity contribution in [1.82, 2.24) is 25.5 Å². The van der Waals surface area contributed by atoms with E-state index in [-0.39, 0.29) is 6.03 Å². The minimum atomic E-state index is -0.271. The molecule has 0 unspecified atom stereocenters. The molecule has 0 atom stereocenters. The maximum Gasteiger partial charge on any atom is 0.319 e. The number of pyridine rings is 2. The highest BCUT2D eigenvalue weighted by molar-refractivity contribution is 5.89. The number of hydrogen-bond acceptors (Lipinski definition) is 4. The molecule has 0 fully saturated rings. The van der Waals surface area contributed by atoms with E-state index in [0.717, 1.165) is 36.2 Å². The third-order valence-corrected chi connectivity index (χ3v) is 5.10. The first-order valence-corrected chi connectivity index (χ1v) is 9.46. The summed E-state index contributed by atoms with van der Waals surface area (Å²) in [5.74, 6) is 0. The van der Waals surface area contributed by atoms with Crippen molar-refractivity contribution in [2.45, 2.75) is 39.7 Å². The SMILES string of the molecule is CC1(C)CCc2c(-c3cc(NC(=O)NCc4cccnc4)ccn3)n[nH]c2C1. The summed E-state index contributed by atoms with van der Waals surface area (Å²) in [6.07, 6.45) is 8.23. The van der Waals surface area contributed by atoms with E-state index in [2.05, 4.69) is 44.6 Å². The summed E-state index contributed by atoms with van der Waals surface area (Å²) < 4.78 is 0. The van der Waals surface area contributed by atoms with E-state index in [1.54, 1.807) is 24.7 Å². The van der Waals surface area contributed by atoms with Crippen LogP contribution >= 0.6 is 0 Å². The quantitative estimate of drug-likeness (QED) is 0.647. The van der Waals surface area contributed by atoms with Gasteiger partial charge in [0.2, 0.25) is 0 Å². The molecule has 1 aliphatic rings. The smallest absolute Gasteiger partial charge is 0.319 e. The number of nitrogens with one attached hydrogen (secondary N) is 3. The lowest BCUT2D eigenvalue weighted by Gasteiger charge is -2.29. The zero-order valence-electron chi connectivity index (χ0n) is 16.1. The van der Waals surface area contributed by atoms with Crippen molar-refractivity contribution in [3.05, 3.63) is 59.7 Å². The lowest BCUT2D eigenvalue weighted by Crippen LogP contribution is -2.28. The molecular formula is C21H24N6O. The van der Waals surface area contributed by atoms with Crippen molar-refractivity contribution >= 4 is 11.7 Å². The molecule has 3 aromatic heterocycles. The second-order valence-electron chi connectivity index (χ2n) is 7.97. The standard InChI is InChI=1S/C21H24N6O/c1-21(2)7-5-16-18(11-21)26-27-19(16)17-10-15(6-9-23-17)25-20(28)24-13-14-4-3-8-22-12-14/h3-4,6,8-10,12H,5,7,11,13H2,1-2H3,(H,26,27)(H2,23,24,25,28). The van der Waals surface area contributed by atoms with E-state index in [1.165, 1.54) is 11.3 Å². The number of fused-ring (bicyclic) bond motifs is 1. The van der Waals surface area contributed by atoms with Crippen molar-refractivity contribution < 1.29 is 4.79 Å². The molecule has 3 N–H and O–H groups in total. The molecule has 2 amide bonds. The Morgan fingerprint density at radius 3 is 3.00 bits per heavy atom. The van der Waals surface area contributed by atoms with Crippen molar-refractivity contribution in [3.8, 4) is 11.4 Å². The molecule has 7 nitrogen and oxygen atoms in total. The Hall–Kier alpha value is -3.22. The number of amides is 2. The number of H-pyrrole nitrogens is 1. The number of aromatic amines is 1. The number of urea groups is 1. The van der Waals surface area contributed by atoms with Crippen LogP contribution in [0.15, 0.2) is 42.9 Å². The molecule has 1 aliphatic carbocycles. The Kier molecular flexibility index (Phi) is 4.81. The average molecular weight is 376 g/mol.